The molecule has 6 nitrogen and oxygen atoms in total. The normalized spacial score (nSPS) is 11.9. The van der Waals surface area contributed by atoms with Gasteiger partial charge in [0.1, 0.15) is 18.1 Å². The maximum absolute atomic E-state index is 10.8. The number of benzene rings is 2. The van der Waals surface area contributed by atoms with Crippen LogP contribution < -0.4 is 4.74 Å². The summed E-state index contributed by atoms with van der Waals surface area (Å²) in [4.78, 5) is 10.2. The molecule has 0 aliphatic heterocycles. The van der Waals surface area contributed by atoms with Gasteiger partial charge in [0.05, 0.1) is 11.0 Å². The summed E-state index contributed by atoms with van der Waals surface area (Å²) in [7, 11) is 0. The smallest absolute Gasteiger partial charge is 0.270 e. The van der Waals surface area contributed by atoms with E-state index in [-0.39, 0.29) is 18.0 Å². The van der Waals surface area contributed by atoms with Gasteiger partial charge in [0.15, 0.2) is 0 Å². The first kappa shape index (κ1) is 14.8. The van der Waals surface area contributed by atoms with Crippen LogP contribution >= 0.6 is 0 Å². The number of rotatable bonds is 5. The van der Waals surface area contributed by atoms with E-state index in [0.29, 0.717) is 11.3 Å². The Morgan fingerprint density at radius 3 is 2.67 bits per heavy atom. The van der Waals surface area contributed by atoms with Gasteiger partial charge in [-0.05, 0) is 30.7 Å². The fourth-order valence-electron chi connectivity index (χ4n) is 1.91. The van der Waals surface area contributed by atoms with Crippen LogP contribution in [-0.2, 0) is 6.61 Å². The quantitative estimate of drug-likeness (QED) is 0.652. The zero-order valence-corrected chi connectivity index (χ0v) is 11.4. The van der Waals surface area contributed by atoms with Crippen molar-refractivity contribution < 1.29 is 19.9 Å². The van der Waals surface area contributed by atoms with E-state index in [0.717, 1.165) is 5.56 Å². The van der Waals surface area contributed by atoms with Gasteiger partial charge in [-0.15, -0.1) is 0 Å². The SMILES string of the molecule is C[C@H](O)c1cc([N+](=O)[O-])ccc1OCc1cccc(O)c1. The van der Waals surface area contributed by atoms with Crippen LogP contribution in [0.15, 0.2) is 42.5 Å². The number of hydrogen-bond acceptors (Lipinski definition) is 5. The molecule has 110 valence electrons. The van der Waals surface area contributed by atoms with Gasteiger partial charge in [-0.2, -0.15) is 0 Å². The number of aliphatic hydroxyl groups excluding tert-OH is 1. The van der Waals surface area contributed by atoms with Crippen molar-refractivity contribution in [1.29, 1.82) is 0 Å². The number of aromatic hydroxyl groups is 1. The van der Waals surface area contributed by atoms with E-state index in [1.54, 1.807) is 24.3 Å². The second-order valence-corrected chi connectivity index (χ2v) is 4.61. The lowest BCUT2D eigenvalue weighted by Crippen LogP contribution is -2.02. The molecule has 0 bridgehead atoms. The van der Waals surface area contributed by atoms with Crippen molar-refractivity contribution in [3.63, 3.8) is 0 Å². The van der Waals surface area contributed by atoms with Crippen LogP contribution in [-0.4, -0.2) is 15.1 Å². The zero-order valence-electron chi connectivity index (χ0n) is 11.4. The number of non-ortho nitro benzene ring substituents is 1. The lowest BCUT2D eigenvalue weighted by molar-refractivity contribution is -0.385. The van der Waals surface area contributed by atoms with Gasteiger partial charge in [-0.3, -0.25) is 10.1 Å². The Hall–Kier alpha value is -2.60. The molecule has 0 heterocycles. The van der Waals surface area contributed by atoms with E-state index in [1.807, 2.05) is 0 Å². The summed E-state index contributed by atoms with van der Waals surface area (Å²) in [6.07, 6.45) is -0.885. The largest absolute Gasteiger partial charge is 0.508 e. The molecular formula is C15H15NO5. The zero-order chi connectivity index (χ0) is 15.4. The minimum absolute atomic E-state index is 0.101. The van der Waals surface area contributed by atoms with Crippen molar-refractivity contribution in [2.45, 2.75) is 19.6 Å². The first-order valence-corrected chi connectivity index (χ1v) is 6.34. The molecule has 21 heavy (non-hydrogen) atoms. The van der Waals surface area contributed by atoms with Crippen LogP contribution in [0.3, 0.4) is 0 Å². The molecule has 0 spiro atoms. The van der Waals surface area contributed by atoms with Gasteiger partial charge in [-0.25, -0.2) is 0 Å². The highest BCUT2D eigenvalue weighted by Gasteiger charge is 2.15. The van der Waals surface area contributed by atoms with Crippen molar-refractivity contribution in [3.8, 4) is 11.5 Å². The predicted molar refractivity (Wildman–Crippen MR) is 76.2 cm³/mol. The fourth-order valence-corrected chi connectivity index (χ4v) is 1.91. The minimum atomic E-state index is -0.885. The maximum Gasteiger partial charge on any atom is 0.270 e. The first-order valence-electron chi connectivity index (χ1n) is 6.34. The second kappa shape index (κ2) is 6.23. The predicted octanol–water partition coefficient (Wildman–Crippen LogP) is 2.93. The van der Waals surface area contributed by atoms with Crippen molar-refractivity contribution in [1.82, 2.24) is 0 Å². The average molecular weight is 289 g/mol. The molecule has 0 aliphatic rings. The number of phenols is 1. The number of nitro benzene ring substituents is 1. The second-order valence-electron chi connectivity index (χ2n) is 4.61. The molecule has 6 heteroatoms. The third kappa shape index (κ3) is 3.70. The van der Waals surface area contributed by atoms with Gasteiger partial charge in [0.25, 0.3) is 5.69 Å². The molecule has 2 aromatic carbocycles. The van der Waals surface area contributed by atoms with Crippen molar-refractivity contribution in [3.05, 3.63) is 63.7 Å². The molecule has 2 N–H and O–H groups in total. The standard InChI is InChI=1S/C15H15NO5/c1-10(17)14-8-12(16(19)20)5-6-15(14)21-9-11-3-2-4-13(18)7-11/h2-8,10,17-18H,9H2,1H3/t10-/m0/s1. The molecule has 0 saturated carbocycles. The summed E-state index contributed by atoms with van der Waals surface area (Å²) < 4.78 is 5.58. The highest BCUT2D eigenvalue weighted by atomic mass is 16.6. The van der Waals surface area contributed by atoms with E-state index in [1.165, 1.54) is 25.1 Å². The van der Waals surface area contributed by atoms with Crippen molar-refractivity contribution in [2.24, 2.45) is 0 Å². The van der Waals surface area contributed by atoms with E-state index >= 15 is 0 Å². The fraction of sp³-hybridized carbons (Fsp3) is 0.200. The molecule has 1 atom stereocenters. The Bertz CT molecular complexity index is 654. The van der Waals surface area contributed by atoms with Gasteiger partial charge >= 0.3 is 0 Å². The molecule has 2 aromatic rings. The van der Waals surface area contributed by atoms with E-state index in [4.69, 9.17) is 4.74 Å². The number of hydrogen-bond donors (Lipinski definition) is 2. The van der Waals surface area contributed by atoms with Crippen LogP contribution in [0.2, 0.25) is 0 Å². The van der Waals surface area contributed by atoms with Crippen LogP contribution in [0.1, 0.15) is 24.2 Å². The molecular weight excluding hydrogens is 274 g/mol. The summed E-state index contributed by atoms with van der Waals surface area (Å²) in [6, 6.07) is 10.7. The molecule has 0 unspecified atom stereocenters. The molecule has 0 aromatic heterocycles. The van der Waals surface area contributed by atoms with Gasteiger partial charge < -0.3 is 14.9 Å². The Morgan fingerprint density at radius 1 is 1.29 bits per heavy atom. The molecule has 0 radical (unpaired) electrons. The molecule has 0 aliphatic carbocycles. The van der Waals surface area contributed by atoms with Crippen molar-refractivity contribution in [2.75, 3.05) is 0 Å². The molecule has 0 saturated heterocycles. The molecule has 0 fully saturated rings. The topological polar surface area (TPSA) is 92.8 Å². The summed E-state index contributed by atoms with van der Waals surface area (Å²) in [5.41, 5.74) is 1.00. The minimum Gasteiger partial charge on any atom is -0.508 e. The van der Waals surface area contributed by atoms with Crippen LogP contribution in [0.4, 0.5) is 5.69 Å². The number of ether oxygens (including phenoxy) is 1. The Kier molecular flexibility index (Phi) is 4.39. The van der Waals surface area contributed by atoms with Gasteiger partial charge in [0.2, 0.25) is 0 Å². The van der Waals surface area contributed by atoms with E-state index < -0.39 is 11.0 Å². The maximum atomic E-state index is 10.8. The number of nitro groups is 1. The lowest BCUT2D eigenvalue weighted by atomic mass is 10.1. The molecule has 0 amide bonds. The Morgan fingerprint density at radius 2 is 2.05 bits per heavy atom. The van der Waals surface area contributed by atoms with Crippen LogP contribution in [0, 0.1) is 10.1 Å². The Balaban J connectivity index is 2.21. The van der Waals surface area contributed by atoms with E-state index in [9.17, 15) is 20.3 Å². The third-order valence-corrected chi connectivity index (χ3v) is 2.96. The van der Waals surface area contributed by atoms with Crippen molar-refractivity contribution >= 4 is 5.69 Å². The van der Waals surface area contributed by atoms with Crippen LogP contribution in [0.5, 0.6) is 11.5 Å². The summed E-state index contributed by atoms with van der Waals surface area (Å²) in [5.74, 6) is 0.509. The first-order chi connectivity index (χ1) is 9.97. The molecule has 2 rings (SSSR count). The lowest BCUT2D eigenvalue weighted by Gasteiger charge is -2.13. The van der Waals surface area contributed by atoms with Gasteiger partial charge in [0, 0.05) is 17.7 Å². The summed E-state index contributed by atoms with van der Waals surface area (Å²) in [5, 5.41) is 29.8. The number of aliphatic hydroxyl groups is 1. The average Bonchev–Trinajstić information content (AvgIpc) is 2.44. The van der Waals surface area contributed by atoms with Gasteiger partial charge in [-0.1, -0.05) is 12.1 Å². The number of nitrogens with zero attached hydrogens (tertiary/aromatic N) is 1. The van der Waals surface area contributed by atoms with Crippen LogP contribution in [0.25, 0.3) is 0 Å². The highest BCUT2D eigenvalue weighted by Crippen LogP contribution is 2.30. The summed E-state index contributed by atoms with van der Waals surface area (Å²) >= 11 is 0. The number of phenolic OH excluding ortho intramolecular Hbond substituents is 1. The highest BCUT2D eigenvalue weighted by molar-refractivity contribution is 5.45. The van der Waals surface area contributed by atoms with E-state index in [2.05, 4.69) is 0 Å². The summed E-state index contributed by atoms with van der Waals surface area (Å²) in [6.45, 7) is 1.70. The Labute approximate surface area is 121 Å². The monoisotopic (exact) mass is 289 g/mol. The third-order valence-electron chi connectivity index (χ3n) is 2.96.